The van der Waals surface area contributed by atoms with Crippen LogP contribution >= 0.6 is 0 Å². The van der Waals surface area contributed by atoms with E-state index in [9.17, 15) is 29.2 Å². The molecule has 10 nitrogen and oxygen atoms in total. The number of hydroxylamine groups is 2. The van der Waals surface area contributed by atoms with E-state index in [0.717, 1.165) is 6.42 Å². The normalized spacial score (nSPS) is 16.2. The molecule has 11 heteroatoms. The monoisotopic (exact) mass is 366 g/mol. The summed E-state index contributed by atoms with van der Waals surface area (Å²) in [6, 6.07) is 0. The fourth-order valence-electron chi connectivity index (χ4n) is 2.13. The molecule has 1 unspecified atom stereocenters. The van der Waals surface area contributed by atoms with Crippen LogP contribution in [0.4, 0.5) is 0 Å². The van der Waals surface area contributed by atoms with Crippen molar-refractivity contribution < 1.29 is 68.5 Å². The van der Waals surface area contributed by atoms with Crippen molar-refractivity contribution >= 4 is 29.7 Å². The van der Waals surface area contributed by atoms with Gasteiger partial charge in [0.25, 0.3) is 11.8 Å². The molecular formula is C14H19N2NaO8. The van der Waals surface area contributed by atoms with E-state index in [2.05, 4.69) is 15.0 Å². The average Bonchev–Trinajstić information content (AvgIpc) is 2.85. The third kappa shape index (κ3) is 7.51. The molecule has 1 saturated heterocycles. The van der Waals surface area contributed by atoms with Gasteiger partial charge in [-0.25, -0.2) is 4.79 Å². The molecule has 1 heterocycles. The molecule has 1 aliphatic rings. The number of hydrogen-bond donors (Lipinski definition) is 1. The molecular weight excluding hydrogens is 347 g/mol. The van der Waals surface area contributed by atoms with Gasteiger partial charge >= 0.3 is 41.5 Å². The van der Waals surface area contributed by atoms with E-state index in [4.69, 9.17) is 0 Å². The standard InChI is InChI=1S/C14H20N2O8.Na/c1-15-10(17)6-4-2-3-5-7-12(19)23-16-11(18)8-9(13(16)20)14(21)24-22;/h9,22H,2-8H2,1H3,(H,15,17);/q;+1/p-1. The van der Waals surface area contributed by atoms with Gasteiger partial charge in [0.2, 0.25) is 5.91 Å². The zero-order valence-corrected chi connectivity index (χ0v) is 16.2. The Labute approximate surface area is 166 Å². The summed E-state index contributed by atoms with van der Waals surface area (Å²) in [5.41, 5.74) is 0. The molecule has 1 rings (SSSR count). The molecule has 1 N–H and O–H groups in total. The second kappa shape index (κ2) is 12.0. The zero-order chi connectivity index (χ0) is 18.1. The van der Waals surface area contributed by atoms with Crippen molar-refractivity contribution in [2.75, 3.05) is 7.05 Å². The number of carbonyl (C=O) groups excluding carboxylic acids is 5. The molecule has 0 aromatic rings. The summed E-state index contributed by atoms with van der Waals surface area (Å²) in [5, 5.41) is 12.7. The molecule has 25 heavy (non-hydrogen) atoms. The largest absolute Gasteiger partial charge is 1.00 e. The second-order valence-electron chi connectivity index (χ2n) is 5.24. The van der Waals surface area contributed by atoms with Crippen LogP contribution in [0.25, 0.3) is 0 Å². The summed E-state index contributed by atoms with van der Waals surface area (Å²) in [6.07, 6.45) is 2.42. The van der Waals surface area contributed by atoms with E-state index in [0.29, 0.717) is 25.7 Å². The van der Waals surface area contributed by atoms with Crippen LogP contribution in [0.1, 0.15) is 44.9 Å². The van der Waals surface area contributed by atoms with Gasteiger partial charge < -0.3 is 20.3 Å². The van der Waals surface area contributed by atoms with E-state index in [1.54, 1.807) is 7.05 Å². The Morgan fingerprint density at radius 1 is 1.16 bits per heavy atom. The number of unbranched alkanes of at least 4 members (excludes halogenated alkanes) is 3. The summed E-state index contributed by atoms with van der Waals surface area (Å²) in [5.74, 6) is -5.75. The van der Waals surface area contributed by atoms with Crippen molar-refractivity contribution in [3.05, 3.63) is 0 Å². The smallest absolute Gasteiger partial charge is 0.662 e. The fraction of sp³-hybridized carbons (Fsp3) is 0.643. The van der Waals surface area contributed by atoms with Crippen LogP contribution in [0, 0.1) is 5.92 Å². The van der Waals surface area contributed by atoms with Gasteiger partial charge in [-0.1, -0.05) is 12.8 Å². The van der Waals surface area contributed by atoms with Gasteiger partial charge in [-0.05, 0) is 12.8 Å². The van der Waals surface area contributed by atoms with Gasteiger partial charge in [0.15, 0.2) is 0 Å². The Hall–Kier alpha value is -1.49. The molecule has 3 amide bonds. The van der Waals surface area contributed by atoms with E-state index in [1.807, 2.05) is 0 Å². The van der Waals surface area contributed by atoms with Gasteiger partial charge in [-0.15, -0.1) is 5.06 Å². The number of imide groups is 1. The van der Waals surface area contributed by atoms with Crippen molar-refractivity contribution in [2.45, 2.75) is 44.9 Å². The Kier molecular flexibility index (Phi) is 11.2. The fourth-order valence-corrected chi connectivity index (χ4v) is 2.13. The first-order valence-electron chi connectivity index (χ1n) is 7.52. The van der Waals surface area contributed by atoms with Crippen molar-refractivity contribution in [1.82, 2.24) is 10.4 Å². The number of rotatable bonds is 9. The van der Waals surface area contributed by atoms with Gasteiger partial charge in [0, 0.05) is 19.9 Å². The Morgan fingerprint density at radius 3 is 2.32 bits per heavy atom. The number of nitrogens with one attached hydrogen (secondary N) is 1. The van der Waals surface area contributed by atoms with Crippen molar-refractivity contribution in [3.8, 4) is 0 Å². The third-order valence-electron chi connectivity index (χ3n) is 3.48. The minimum absolute atomic E-state index is 0. The van der Waals surface area contributed by atoms with Crippen molar-refractivity contribution in [3.63, 3.8) is 0 Å². The van der Waals surface area contributed by atoms with E-state index >= 15 is 0 Å². The van der Waals surface area contributed by atoms with Crippen LogP contribution < -0.4 is 40.1 Å². The quantitative estimate of drug-likeness (QED) is 0.108. The Bertz CT molecular complexity index is 525. The summed E-state index contributed by atoms with van der Waals surface area (Å²) in [7, 11) is 1.56. The first-order valence-corrected chi connectivity index (χ1v) is 7.52. The summed E-state index contributed by atoms with van der Waals surface area (Å²) in [6.45, 7) is 0. The predicted octanol–water partition coefficient (Wildman–Crippen LogP) is -4.27. The molecule has 1 aliphatic heterocycles. The summed E-state index contributed by atoms with van der Waals surface area (Å²) in [4.78, 5) is 64.7. The molecule has 0 aliphatic carbocycles. The van der Waals surface area contributed by atoms with Crippen LogP contribution in [0.2, 0.25) is 0 Å². The second-order valence-corrected chi connectivity index (χ2v) is 5.24. The van der Waals surface area contributed by atoms with E-state index in [1.165, 1.54) is 0 Å². The number of carbonyl (C=O) groups is 5. The predicted molar refractivity (Wildman–Crippen MR) is 73.9 cm³/mol. The summed E-state index contributed by atoms with van der Waals surface area (Å²) < 4.78 is 0. The van der Waals surface area contributed by atoms with Crippen LogP contribution in [-0.2, 0) is 33.7 Å². The van der Waals surface area contributed by atoms with Crippen LogP contribution in [0.15, 0.2) is 0 Å². The van der Waals surface area contributed by atoms with Gasteiger partial charge in [-0.3, -0.25) is 19.2 Å². The molecule has 0 aromatic heterocycles. The summed E-state index contributed by atoms with van der Waals surface area (Å²) >= 11 is 0. The maximum absolute atomic E-state index is 11.7. The maximum Gasteiger partial charge on any atom is 1.00 e. The van der Waals surface area contributed by atoms with Crippen LogP contribution in [0.3, 0.4) is 0 Å². The Balaban J connectivity index is 0.00000576. The van der Waals surface area contributed by atoms with Crippen molar-refractivity contribution in [2.24, 2.45) is 5.92 Å². The van der Waals surface area contributed by atoms with Gasteiger partial charge in [0.05, 0.1) is 6.42 Å². The van der Waals surface area contributed by atoms with E-state index < -0.39 is 36.1 Å². The molecule has 0 bridgehead atoms. The van der Waals surface area contributed by atoms with Crippen molar-refractivity contribution in [1.29, 1.82) is 0 Å². The third-order valence-corrected chi connectivity index (χ3v) is 3.48. The molecule has 0 aromatic carbocycles. The van der Waals surface area contributed by atoms with E-state index in [-0.39, 0.29) is 46.9 Å². The molecule has 0 spiro atoms. The molecule has 0 saturated carbocycles. The molecule has 134 valence electrons. The van der Waals surface area contributed by atoms with Gasteiger partial charge in [-0.2, -0.15) is 0 Å². The molecule has 1 atom stereocenters. The Morgan fingerprint density at radius 2 is 1.76 bits per heavy atom. The van der Waals surface area contributed by atoms with Crippen LogP contribution in [0.5, 0.6) is 0 Å². The number of nitrogens with zero attached hydrogens (tertiary/aromatic N) is 1. The SMILES string of the molecule is CNC(=O)CCCCCCC(=O)ON1C(=O)CC(C(=O)O[O-])C1=O.[Na+]. The van der Waals surface area contributed by atoms with Gasteiger partial charge in [0.1, 0.15) is 5.92 Å². The maximum atomic E-state index is 11.7. The van der Waals surface area contributed by atoms with Crippen LogP contribution in [-0.4, -0.2) is 41.8 Å². The molecule has 0 radical (unpaired) electrons. The first-order chi connectivity index (χ1) is 11.4. The topological polar surface area (TPSA) is 142 Å². The first kappa shape index (κ1) is 23.5. The number of hydrogen-bond acceptors (Lipinski definition) is 8. The average molecular weight is 366 g/mol. The minimum atomic E-state index is -1.56. The number of amides is 3. The molecule has 1 fully saturated rings. The minimum Gasteiger partial charge on any atom is -0.662 e. The zero-order valence-electron chi connectivity index (χ0n) is 14.2.